The molecule has 0 saturated carbocycles. The Morgan fingerprint density at radius 3 is 2.20 bits per heavy atom. The number of hydroxylamine groups is 2. The summed E-state index contributed by atoms with van der Waals surface area (Å²) in [6.07, 6.45) is 0.382. The first-order valence-electron chi connectivity index (χ1n) is 2.96. The molecule has 5 heteroatoms. The Morgan fingerprint density at radius 1 is 1.60 bits per heavy atom. The van der Waals surface area contributed by atoms with Gasteiger partial charge in [-0.2, -0.15) is 0 Å². The number of hydrogen-bond donors (Lipinski definition) is 3. The molecular weight excluding hydrogens is 138 g/mol. The van der Waals surface area contributed by atoms with Crippen molar-refractivity contribution in [1.29, 1.82) is 0 Å². The lowest BCUT2D eigenvalue weighted by Gasteiger charge is -2.11. The molecule has 60 valence electrons. The highest BCUT2D eigenvalue weighted by molar-refractivity contribution is 5.70. The van der Waals surface area contributed by atoms with Crippen molar-refractivity contribution in [2.75, 3.05) is 6.54 Å². The van der Waals surface area contributed by atoms with E-state index < -0.39 is 11.9 Å². The van der Waals surface area contributed by atoms with Gasteiger partial charge in [0.25, 0.3) is 0 Å². The smallest absolute Gasteiger partial charge is 0.307 e. The van der Waals surface area contributed by atoms with Crippen molar-refractivity contribution in [3.05, 3.63) is 0 Å². The number of rotatable bonds is 4. The predicted octanol–water partition coefficient (Wildman–Crippen LogP) is 0.178. The zero-order chi connectivity index (χ0) is 8.15. The largest absolute Gasteiger partial charge is 0.481 e. The van der Waals surface area contributed by atoms with Gasteiger partial charge >= 0.3 is 5.97 Å². The highest BCUT2D eigenvalue weighted by Crippen LogP contribution is 2.02. The van der Waals surface area contributed by atoms with Crippen molar-refractivity contribution in [3.63, 3.8) is 0 Å². The summed E-state index contributed by atoms with van der Waals surface area (Å²) in [6, 6.07) is 0. The van der Waals surface area contributed by atoms with Crippen LogP contribution in [-0.4, -0.2) is 33.3 Å². The molecule has 0 amide bonds. The Hall–Kier alpha value is -0.650. The third kappa shape index (κ3) is 3.39. The minimum Gasteiger partial charge on any atom is -0.481 e. The number of carboxylic acids is 1. The number of carbonyl (C=O) groups is 1. The lowest BCUT2D eigenvalue weighted by molar-refractivity contribution is -0.311. The summed E-state index contributed by atoms with van der Waals surface area (Å²) >= 11 is 0. The molecule has 0 heterocycles. The predicted molar refractivity (Wildman–Crippen MR) is 31.7 cm³/mol. The Morgan fingerprint density at radius 2 is 2.10 bits per heavy atom. The van der Waals surface area contributed by atoms with Crippen molar-refractivity contribution >= 4 is 5.97 Å². The molecule has 3 N–H and O–H groups in total. The zero-order valence-electron chi connectivity index (χ0n) is 5.69. The van der Waals surface area contributed by atoms with Crippen LogP contribution in [0.3, 0.4) is 0 Å². The first kappa shape index (κ1) is 9.35. The third-order valence-corrected chi connectivity index (χ3v) is 1.23. The second-order valence-corrected chi connectivity index (χ2v) is 2.00. The molecule has 0 bridgehead atoms. The Bertz CT molecular complexity index is 114. The number of aliphatic carboxylic acids is 1. The van der Waals surface area contributed by atoms with E-state index in [0.717, 1.165) is 0 Å². The maximum Gasteiger partial charge on any atom is 0.307 e. The second kappa shape index (κ2) is 4.21. The summed E-state index contributed by atoms with van der Waals surface area (Å²) < 4.78 is 0. The van der Waals surface area contributed by atoms with Gasteiger partial charge in [0.1, 0.15) is 0 Å². The summed E-state index contributed by atoms with van der Waals surface area (Å²) in [6.45, 7) is 1.41. The topological polar surface area (TPSA) is 81.0 Å². The molecule has 0 radical (unpaired) electrons. The van der Waals surface area contributed by atoms with E-state index in [2.05, 4.69) is 0 Å². The molecule has 0 saturated heterocycles. The number of nitrogens with zero attached hydrogens (tertiary/aromatic N) is 1. The van der Waals surface area contributed by atoms with Crippen LogP contribution in [0, 0.1) is 5.92 Å². The SMILES string of the molecule is CCC(CN(O)O)C(=O)O. The van der Waals surface area contributed by atoms with E-state index in [1.807, 2.05) is 0 Å². The van der Waals surface area contributed by atoms with E-state index in [4.69, 9.17) is 15.5 Å². The first-order valence-corrected chi connectivity index (χ1v) is 2.96. The van der Waals surface area contributed by atoms with E-state index in [1.165, 1.54) is 0 Å². The minimum absolute atomic E-state index is 0.109. The molecule has 0 aromatic heterocycles. The highest BCUT2D eigenvalue weighted by atomic mass is 16.8. The average molecular weight is 149 g/mol. The van der Waals surface area contributed by atoms with Gasteiger partial charge in [0, 0.05) is 0 Å². The van der Waals surface area contributed by atoms with Gasteiger partial charge in [-0.1, -0.05) is 12.2 Å². The van der Waals surface area contributed by atoms with Crippen LogP contribution in [0.1, 0.15) is 13.3 Å². The summed E-state index contributed by atoms with van der Waals surface area (Å²) in [5.74, 6) is -1.73. The van der Waals surface area contributed by atoms with Crippen molar-refractivity contribution in [3.8, 4) is 0 Å². The molecule has 0 aromatic carbocycles. The molecule has 10 heavy (non-hydrogen) atoms. The Labute approximate surface area is 58.4 Å². The van der Waals surface area contributed by atoms with Crippen molar-refractivity contribution < 1.29 is 20.3 Å². The van der Waals surface area contributed by atoms with Crippen LogP contribution in [0.25, 0.3) is 0 Å². The maximum absolute atomic E-state index is 10.2. The van der Waals surface area contributed by atoms with Crippen LogP contribution in [0.5, 0.6) is 0 Å². The summed E-state index contributed by atoms with van der Waals surface area (Å²) in [5, 5.41) is 24.7. The van der Waals surface area contributed by atoms with E-state index >= 15 is 0 Å². The van der Waals surface area contributed by atoms with Crippen LogP contribution in [0.15, 0.2) is 0 Å². The van der Waals surface area contributed by atoms with Crippen LogP contribution < -0.4 is 0 Å². The van der Waals surface area contributed by atoms with Crippen molar-refractivity contribution in [1.82, 2.24) is 5.23 Å². The number of hydrogen-bond acceptors (Lipinski definition) is 4. The molecule has 1 unspecified atom stereocenters. The van der Waals surface area contributed by atoms with Gasteiger partial charge < -0.3 is 5.11 Å². The van der Waals surface area contributed by atoms with Crippen molar-refractivity contribution in [2.45, 2.75) is 13.3 Å². The maximum atomic E-state index is 10.2. The Balaban J connectivity index is 3.72. The fraction of sp³-hybridized carbons (Fsp3) is 0.800. The molecular formula is C5H11NO4. The molecule has 0 aliphatic carbocycles. The quantitative estimate of drug-likeness (QED) is 0.497. The van der Waals surface area contributed by atoms with Gasteiger partial charge in [0.15, 0.2) is 0 Å². The third-order valence-electron chi connectivity index (χ3n) is 1.23. The minimum atomic E-state index is -1.02. The summed E-state index contributed by atoms with van der Waals surface area (Å²) in [5.41, 5.74) is 0. The van der Waals surface area contributed by atoms with E-state index in [0.29, 0.717) is 6.42 Å². The monoisotopic (exact) mass is 149 g/mol. The molecule has 0 aliphatic heterocycles. The van der Waals surface area contributed by atoms with E-state index in [9.17, 15) is 4.79 Å². The molecule has 0 rings (SSSR count). The fourth-order valence-corrected chi connectivity index (χ4v) is 0.579. The van der Waals surface area contributed by atoms with Gasteiger partial charge in [-0.25, -0.2) is 0 Å². The molecule has 1 atom stereocenters. The molecule has 0 aliphatic rings. The van der Waals surface area contributed by atoms with Gasteiger partial charge in [0.2, 0.25) is 0 Å². The average Bonchev–Trinajstić information content (AvgIpc) is 1.81. The second-order valence-electron chi connectivity index (χ2n) is 2.00. The normalized spacial score (nSPS) is 13.6. The molecule has 0 spiro atoms. The van der Waals surface area contributed by atoms with Gasteiger partial charge in [-0.3, -0.25) is 15.2 Å². The fourth-order valence-electron chi connectivity index (χ4n) is 0.579. The summed E-state index contributed by atoms with van der Waals surface area (Å²) in [7, 11) is 0. The van der Waals surface area contributed by atoms with Crippen molar-refractivity contribution in [2.24, 2.45) is 5.92 Å². The first-order chi connectivity index (χ1) is 4.57. The summed E-state index contributed by atoms with van der Waals surface area (Å²) in [4.78, 5) is 10.2. The van der Waals surface area contributed by atoms with Gasteiger partial charge in [-0.15, -0.1) is 0 Å². The number of carboxylic acid groups (broad SMARTS) is 1. The highest BCUT2D eigenvalue weighted by Gasteiger charge is 2.16. The van der Waals surface area contributed by atoms with Crippen LogP contribution in [-0.2, 0) is 4.79 Å². The van der Waals surface area contributed by atoms with Crippen LogP contribution >= 0.6 is 0 Å². The van der Waals surface area contributed by atoms with Crippen LogP contribution in [0.4, 0.5) is 0 Å². The van der Waals surface area contributed by atoms with E-state index in [-0.39, 0.29) is 11.8 Å². The lowest BCUT2D eigenvalue weighted by Crippen LogP contribution is -2.27. The Kier molecular flexibility index (Phi) is 3.94. The molecule has 0 fully saturated rings. The molecule has 0 aromatic rings. The van der Waals surface area contributed by atoms with Gasteiger partial charge in [-0.05, 0) is 6.42 Å². The standard InChI is InChI=1S/C5H11NO4/c1-2-4(5(7)8)3-6(9)10/h4,9-10H,2-3H2,1H3,(H,7,8). The zero-order valence-corrected chi connectivity index (χ0v) is 5.69. The molecule has 5 nitrogen and oxygen atoms in total. The lowest BCUT2D eigenvalue weighted by atomic mass is 10.1. The van der Waals surface area contributed by atoms with Gasteiger partial charge in [0.05, 0.1) is 12.5 Å². The van der Waals surface area contributed by atoms with Crippen LogP contribution in [0.2, 0.25) is 0 Å². The van der Waals surface area contributed by atoms with E-state index in [1.54, 1.807) is 6.92 Å².